The van der Waals surface area contributed by atoms with Crippen LogP contribution in [0, 0.1) is 0 Å². The smallest absolute Gasteiger partial charge is 0.237 e. The first kappa shape index (κ1) is 17.7. The van der Waals surface area contributed by atoms with Gasteiger partial charge in [-0.15, -0.1) is 10.2 Å². The highest BCUT2D eigenvalue weighted by Gasteiger charge is 2.30. The topological polar surface area (TPSA) is 63.9 Å². The highest BCUT2D eigenvalue weighted by atomic mass is 32.2. The van der Waals surface area contributed by atoms with Gasteiger partial charge in [0.15, 0.2) is 11.0 Å². The van der Waals surface area contributed by atoms with Gasteiger partial charge in [0.1, 0.15) is 0 Å². The zero-order chi connectivity index (χ0) is 18.6. The molecule has 3 aromatic rings. The van der Waals surface area contributed by atoms with Crippen LogP contribution in [0.3, 0.4) is 0 Å². The maximum absolute atomic E-state index is 12.8. The van der Waals surface area contributed by atoms with Crippen molar-refractivity contribution < 1.29 is 4.79 Å². The summed E-state index contributed by atoms with van der Waals surface area (Å²) < 4.78 is 2.17. The van der Waals surface area contributed by atoms with Gasteiger partial charge in [-0.3, -0.25) is 14.3 Å². The van der Waals surface area contributed by atoms with Gasteiger partial charge in [0.2, 0.25) is 5.91 Å². The number of hydrogen-bond donors (Lipinski definition) is 0. The van der Waals surface area contributed by atoms with E-state index in [2.05, 4.69) is 19.7 Å². The number of aromatic nitrogens is 4. The fourth-order valence-electron chi connectivity index (χ4n) is 3.05. The van der Waals surface area contributed by atoms with Crippen LogP contribution in [-0.2, 0) is 4.79 Å². The maximum atomic E-state index is 12.8. The lowest BCUT2D eigenvalue weighted by atomic mass is 10.2. The molecule has 0 aliphatic heterocycles. The molecule has 0 spiro atoms. The van der Waals surface area contributed by atoms with Crippen molar-refractivity contribution in [2.24, 2.45) is 0 Å². The van der Waals surface area contributed by atoms with E-state index in [0.29, 0.717) is 18.3 Å². The second-order valence-electron chi connectivity index (χ2n) is 6.41. The number of amides is 1. The zero-order valence-corrected chi connectivity index (χ0v) is 16.0. The van der Waals surface area contributed by atoms with Crippen molar-refractivity contribution >= 4 is 23.4 Å². The molecule has 2 heterocycles. The molecule has 138 valence electrons. The highest BCUT2D eigenvalue weighted by molar-refractivity contribution is 7.99. The number of benzene rings is 1. The Balaban J connectivity index is 1.52. The van der Waals surface area contributed by atoms with Gasteiger partial charge < -0.3 is 4.90 Å². The summed E-state index contributed by atoms with van der Waals surface area (Å²) in [7, 11) is 0. The van der Waals surface area contributed by atoms with E-state index in [1.54, 1.807) is 17.3 Å². The Labute approximate surface area is 162 Å². The predicted molar refractivity (Wildman–Crippen MR) is 107 cm³/mol. The summed E-state index contributed by atoms with van der Waals surface area (Å²) in [6.45, 7) is 2.63. The number of nitrogens with zero attached hydrogens (tertiary/aromatic N) is 5. The second kappa shape index (κ2) is 7.92. The molecule has 27 heavy (non-hydrogen) atoms. The number of para-hydroxylation sites is 1. The minimum absolute atomic E-state index is 0.0736. The number of anilines is 1. The average Bonchev–Trinajstić information content (AvgIpc) is 3.47. The van der Waals surface area contributed by atoms with Crippen LogP contribution in [0.2, 0.25) is 0 Å². The van der Waals surface area contributed by atoms with Crippen LogP contribution in [0.25, 0.3) is 11.4 Å². The van der Waals surface area contributed by atoms with Crippen molar-refractivity contribution in [3.05, 3.63) is 54.9 Å². The monoisotopic (exact) mass is 379 g/mol. The van der Waals surface area contributed by atoms with Gasteiger partial charge in [-0.25, -0.2) is 0 Å². The van der Waals surface area contributed by atoms with Gasteiger partial charge >= 0.3 is 0 Å². The van der Waals surface area contributed by atoms with E-state index < -0.39 is 0 Å². The molecule has 6 nitrogen and oxygen atoms in total. The minimum Gasteiger partial charge on any atom is -0.312 e. The molecule has 4 rings (SSSR count). The molecule has 0 bridgehead atoms. The Morgan fingerprint density at radius 1 is 1.15 bits per heavy atom. The third-order valence-electron chi connectivity index (χ3n) is 4.52. The second-order valence-corrected chi connectivity index (χ2v) is 7.35. The lowest BCUT2D eigenvalue weighted by molar-refractivity contribution is -0.116. The SMILES string of the molecule is CCN(C(=O)CSc1nnc(-c2ccncc2)n1C1CC1)c1ccccc1. The van der Waals surface area contributed by atoms with E-state index >= 15 is 0 Å². The zero-order valence-electron chi connectivity index (χ0n) is 15.2. The van der Waals surface area contributed by atoms with Crippen LogP contribution in [0.15, 0.2) is 60.0 Å². The molecule has 0 radical (unpaired) electrons. The summed E-state index contributed by atoms with van der Waals surface area (Å²) in [6.07, 6.45) is 5.78. The van der Waals surface area contributed by atoms with E-state index in [-0.39, 0.29) is 5.91 Å². The van der Waals surface area contributed by atoms with Crippen LogP contribution >= 0.6 is 11.8 Å². The maximum Gasteiger partial charge on any atom is 0.237 e. The molecule has 1 amide bonds. The molecule has 0 saturated heterocycles. The Morgan fingerprint density at radius 2 is 1.89 bits per heavy atom. The van der Waals surface area contributed by atoms with E-state index in [1.165, 1.54) is 11.8 Å². The summed E-state index contributed by atoms with van der Waals surface area (Å²) >= 11 is 1.46. The minimum atomic E-state index is 0.0736. The summed E-state index contributed by atoms with van der Waals surface area (Å²) in [4.78, 5) is 18.6. The Kier molecular flexibility index (Phi) is 5.20. The highest BCUT2D eigenvalue weighted by Crippen LogP contribution is 2.41. The van der Waals surface area contributed by atoms with Crippen LogP contribution in [0.1, 0.15) is 25.8 Å². The summed E-state index contributed by atoms with van der Waals surface area (Å²) in [5.41, 5.74) is 1.92. The molecule has 2 aromatic heterocycles. The number of hydrogen-bond acceptors (Lipinski definition) is 5. The van der Waals surface area contributed by atoms with E-state index in [0.717, 1.165) is 35.1 Å². The number of thioether (sulfide) groups is 1. The van der Waals surface area contributed by atoms with Crippen molar-refractivity contribution in [2.75, 3.05) is 17.2 Å². The molecule has 0 N–H and O–H groups in total. The first-order valence-corrected chi connectivity index (χ1v) is 10.1. The lowest BCUT2D eigenvalue weighted by Gasteiger charge is -2.20. The van der Waals surface area contributed by atoms with Gasteiger partial charge in [-0.05, 0) is 44.0 Å². The molecule has 0 unspecified atom stereocenters. The Hall–Kier alpha value is -2.67. The molecular formula is C20H21N5OS. The molecule has 7 heteroatoms. The van der Waals surface area contributed by atoms with Crippen molar-refractivity contribution in [1.82, 2.24) is 19.7 Å². The Morgan fingerprint density at radius 3 is 2.56 bits per heavy atom. The molecule has 1 aliphatic rings. The normalized spacial score (nSPS) is 13.5. The average molecular weight is 379 g/mol. The largest absolute Gasteiger partial charge is 0.312 e. The number of rotatable bonds is 7. The van der Waals surface area contributed by atoms with Crippen LogP contribution in [0.5, 0.6) is 0 Å². The van der Waals surface area contributed by atoms with Gasteiger partial charge in [-0.2, -0.15) is 0 Å². The summed E-state index contributed by atoms with van der Waals surface area (Å²) in [6, 6.07) is 14.1. The molecule has 1 aromatic carbocycles. The van der Waals surface area contributed by atoms with E-state index in [1.807, 2.05) is 49.4 Å². The molecule has 1 fully saturated rings. The Bertz CT molecular complexity index is 909. The van der Waals surface area contributed by atoms with Gasteiger partial charge in [0.25, 0.3) is 0 Å². The van der Waals surface area contributed by atoms with Gasteiger partial charge in [0, 0.05) is 36.2 Å². The molecular weight excluding hydrogens is 358 g/mol. The van der Waals surface area contributed by atoms with Crippen LogP contribution < -0.4 is 4.90 Å². The van der Waals surface area contributed by atoms with Crippen LogP contribution in [-0.4, -0.2) is 38.0 Å². The molecule has 1 aliphatic carbocycles. The van der Waals surface area contributed by atoms with Gasteiger partial charge in [0.05, 0.1) is 5.75 Å². The predicted octanol–water partition coefficient (Wildman–Crippen LogP) is 3.82. The lowest BCUT2D eigenvalue weighted by Crippen LogP contribution is -2.32. The van der Waals surface area contributed by atoms with Crippen molar-refractivity contribution in [2.45, 2.75) is 31.0 Å². The van der Waals surface area contributed by atoms with Crippen molar-refractivity contribution in [3.8, 4) is 11.4 Å². The molecule has 1 saturated carbocycles. The number of carbonyl (C=O) groups excluding carboxylic acids is 1. The number of pyridine rings is 1. The standard InChI is InChI=1S/C20H21N5OS/c1-2-24(16-6-4-3-5-7-16)18(26)14-27-20-23-22-19(25(20)17-8-9-17)15-10-12-21-13-11-15/h3-7,10-13,17H,2,8-9,14H2,1H3. The van der Waals surface area contributed by atoms with Crippen molar-refractivity contribution in [1.29, 1.82) is 0 Å². The third kappa shape index (κ3) is 3.88. The number of carbonyl (C=O) groups is 1. The first-order chi connectivity index (χ1) is 13.3. The van der Waals surface area contributed by atoms with Crippen LogP contribution in [0.4, 0.5) is 5.69 Å². The third-order valence-corrected chi connectivity index (χ3v) is 5.45. The summed E-state index contributed by atoms with van der Waals surface area (Å²) in [5, 5.41) is 9.56. The summed E-state index contributed by atoms with van der Waals surface area (Å²) in [5.74, 6) is 1.26. The fourth-order valence-corrected chi connectivity index (χ4v) is 3.93. The van der Waals surface area contributed by atoms with E-state index in [4.69, 9.17) is 0 Å². The van der Waals surface area contributed by atoms with Crippen molar-refractivity contribution in [3.63, 3.8) is 0 Å². The quantitative estimate of drug-likeness (QED) is 0.584. The van der Waals surface area contributed by atoms with Gasteiger partial charge in [-0.1, -0.05) is 30.0 Å². The molecule has 0 atom stereocenters. The van der Waals surface area contributed by atoms with E-state index in [9.17, 15) is 4.79 Å². The fraction of sp³-hybridized carbons (Fsp3) is 0.300. The first-order valence-electron chi connectivity index (χ1n) is 9.11.